The molecule has 0 unspecified atom stereocenters. The number of halogens is 1. The van der Waals surface area contributed by atoms with E-state index in [1.807, 2.05) is 62.4 Å². The molecule has 0 saturated heterocycles. The third kappa shape index (κ3) is 4.35. The Morgan fingerprint density at radius 2 is 1.93 bits per heavy atom. The number of hydrogen-bond donors (Lipinski definition) is 1. The summed E-state index contributed by atoms with van der Waals surface area (Å²) < 4.78 is 6.66. The summed E-state index contributed by atoms with van der Waals surface area (Å²) in [5, 5.41) is 21.2. The average Bonchev–Trinajstić information content (AvgIpc) is 3.33. The van der Waals surface area contributed by atoms with Crippen molar-refractivity contribution < 1.29 is 4.42 Å². The zero-order valence-electron chi connectivity index (χ0n) is 15.1. The minimum atomic E-state index is -0.0489. The number of thioether (sulfide) groups is 1. The first-order chi connectivity index (χ1) is 13.6. The van der Waals surface area contributed by atoms with Gasteiger partial charge in [-0.25, -0.2) is 0 Å². The predicted molar refractivity (Wildman–Crippen MR) is 113 cm³/mol. The van der Waals surface area contributed by atoms with Crippen LogP contribution in [0.1, 0.15) is 23.6 Å². The number of para-hydroxylation sites is 1. The van der Waals surface area contributed by atoms with Crippen molar-refractivity contribution >= 4 is 45.5 Å². The molecular formula is C19H16ClN5OS2. The molecule has 0 aliphatic carbocycles. The summed E-state index contributed by atoms with van der Waals surface area (Å²) >= 11 is 9.13. The molecule has 1 atom stereocenters. The fourth-order valence-corrected chi connectivity index (χ4v) is 4.60. The fourth-order valence-electron chi connectivity index (χ4n) is 2.48. The molecule has 0 aliphatic heterocycles. The van der Waals surface area contributed by atoms with Gasteiger partial charge in [-0.1, -0.05) is 64.5 Å². The first kappa shape index (κ1) is 18.9. The number of hydrogen-bond acceptors (Lipinski definition) is 8. The normalized spacial score (nSPS) is 12.1. The molecule has 0 saturated carbocycles. The second-order valence-electron chi connectivity index (χ2n) is 6.05. The van der Waals surface area contributed by atoms with E-state index < -0.39 is 0 Å². The van der Waals surface area contributed by atoms with Crippen LogP contribution in [0.4, 0.5) is 10.8 Å². The maximum atomic E-state index is 6.17. The molecule has 142 valence electrons. The molecule has 0 radical (unpaired) electrons. The number of nitrogens with zero attached hydrogens (tertiary/aromatic N) is 4. The summed E-state index contributed by atoms with van der Waals surface area (Å²) in [5.41, 5.74) is 2.86. The van der Waals surface area contributed by atoms with Gasteiger partial charge in [-0.3, -0.25) is 0 Å². The lowest BCUT2D eigenvalue weighted by atomic mass is 10.1. The van der Waals surface area contributed by atoms with Gasteiger partial charge in [0.05, 0.1) is 16.0 Å². The van der Waals surface area contributed by atoms with Crippen LogP contribution in [-0.4, -0.2) is 20.4 Å². The first-order valence-electron chi connectivity index (χ1n) is 8.50. The molecule has 9 heteroatoms. The lowest BCUT2D eigenvalue weighted by molar-refractivity contribution is 0.509. The maximum Gasteiger partial charge on any atom is 0.247 e. The Morgan fingerprint density at radius 1 is 1.07 bits per heavy atom. The molecule has 0 spiro atoms. The molecule has 0 bridgehead atoms. The largest absolute Gasteiger partial charge is 0.419 e. The van der Waals surface area contributed by atoms with Crippen LogP contribution in [0.25, 0.3) is 11.5 Å². The van der Waals surface area contributed by atoms with E-state index in [4.69, 9.17) is 16.0 Å². The number of benzene rings is 2. The lowest BCUT2D eigenvalue weighted by Gasteiger charge is -2.03. The molecule has 4 aromatic rings. The molecular weight excluding hydrogens is 414 g/mol. The monoisotopic (exact) mass is 429 g/mol. The van der Waals surface area contributed by atoms with E-state index in [0.29, 0.717) is 21.9 Å². The number of aryl methyl sites for hydroxylation is 1. The average molecular weight is 430 g/mol. The van der Waals surface area contributed by atoms with E-state index in [9.17, 15) is 0 Å². The smallest absolute Gasteiger partial charge is 0.247 e. The van der Waals surface area contributed by atoms with Crippen LogP contribution in [-0.2, 0) is 0 Å². The van der Waals surface area contributed by atoms with Crippen LogP contribution in [0, 0.1) is 6.92 Å². The van der Waals surface area contributed by atoms with Gasteiger partial charge in [-0.05, 0) is 38.1 Å². The van der Waals surface area contributed by atoms with Gasteiger partial charge < -0.3 is 9.73 Å². The highest BCUT2D eigenvalue weighted by atomic mass is 35.5. The van der Waals surface area contributed by atoms with Crippen molar-refractivity contribution in [1.82, 2.24) is 20.4 Å². The minimum absolute atomic E-state index is 0.0489. The Balaban J connectivity index is 1.44. The van der Waals surface area contributed by atoms with Crippen molar-refractivity contribution in [3.8, 4) is 11.5 Å². The van der Waals surface area contributed by atoms with Gasteiger partial charge in [-0.15, -0.1) is 20.4 Å². The van der Waals surface area contributed by atoms with Gasteiger partial charge in [-0.2, -0.15) is 0 Å². The third-order valence-corrected chi connectivity index (χ3v) is 6.19. The van der Waals surface area contributed by atoms with Crippen LogP contribution in [0.3, 0.4) is 0 Å². The Morgan fingerprint density at radius 3 is 2.75 bits per heavy atom. The van der Waals surface area contributed by atoms with E-state index in [1.165, 1.54) is 23.1 Å². The first-order valence-corrected chi connectivity index (χ1v) is 10.6. The van der Waals surface area contributed by atoms with Crippen molar-refractivity contribution in [2.75, 3.05) is 5.32 Å². The van der Waals surface area contributed by atoms with Crippen molar-refractivity contribution in [2.45, 2.75) is 23.4 Å². The molecule has 4 rings (SSSR count). The van der Waals surface area contributed by atoms with Crippen LogP contribution in [0.15, 0.2) is 57.3 Å². The Labute approximate surface area is 175 Å². The SMILES string of the molecule is Cc1cccc(-c2nnc([C@H](C)Sc3nnc(Nc4ccccc4Cl)s3)o2)c1. The Hall–Kier alpha value is -2.42. The van der Waals surface area contributed by atoms with E-state index in [2.05, 4.69) is 25.7 Å². The van der Waals surface area contributed by atoms with E-state index >= 15 is 0 Å². The molecule has 0 amide bonds. The van der Waals surface area contributed by atoms with Crippen molar-refractivity contribution in [1.29, 1.82) is 0 Å². The highest BCUT2D eigenvalue weighted by Gasteiger charge is 2.19. The molecule has 0 fully saturated rings. The van der Waals surface area contributed by atoms with Gasteiger partial charge in [0.25, 0.3) is 0 Å². The fraction of sp³-hybridized carbons (Fsp3) is 0.158. The van der Waals surface area contributed by atoms with E-state index in [-0.39, 0.29) is 5.25 Å². The van der Waals surface area contributed by atoms with Gasteiger partial charge in [0.2, 0.25) is 16.9 Å². The standard InChI is InChI=1S/C19H16ClN5OS2/c1-11-6-5-7-13(10-11)17-23-22-16(26-17)12(2)27-19-25-24-18(28-19)21-15-9-4-3-8-14(15)20/h3-10,12H,1-2H3,(H,21,24)/t12-/m0/s1. The highest BCUT2D eigenvalue weighted by Crippen LogP contribution is 2.38. The van der Waals surface area contributed by atoms with Gasteiger partial charge in [0.15, 0.2) is 4.34 Å². The van der Waals surface area contributed by atoms with Crippen LogP contribution in [0.2, 0.25) is 5.02 Å². The second kappa shape index (κ2) is 8.30. The molecule has 0 aliphatic rings. The topological polar surface area (TPSA) is 76.7 Å². The highest BCUT2D eigenvalue weighted by molar-refractivity contribution is 8.01. The molecule has 6 nitrogen and oxygen atoms in total. The van der Waals surface area contributed by atoms with Crippen LogP contribution < -0.4 is 5.32 Å². The summed E-state index contributed by atoms with van der Waals surface area (Å²) in [5.74, 6) is 1.07. The predicted octanol–water partition coefficient (Wildman–Crippen LogP) is 6.15. The summed E-state index contributed by atoms with van der Waals surface area (Å²) in [6.45, 7) is 4.03. The maximum absolute atomic E-state index is 6.17. The van der Waals surface area contributed by atoms with E-state index in [1.54, 1.807) is 0 Å². The summed E-state index contributed by atoms with van der Waals surface area (Å²) in [6.07, 6.45) is 0. The molecule has 28 heavy (non-hydrogen) atoms. The number of aromatic nitrogens is 4. The zero-order valence-corrected chi connectivity index (χ0v) is 17.5. The summed E-state index contributed by atoms with van der Waals surface area (Å²) in [7, 11) is 0. The van der Waals surface area contributed by atoms with Gasteiger partial charge in [0, 0.05) is 5.56 Å². The van der Waals surface area contributed by atoms with Crippen molar-refractivity contribution in [3.63, 3.8) is 0 Å². The minimum Gasteiger partial charge on any atom is -0.419 e. The molecule has 2 aromatic carbocycles. The molecule has 2 heterocycles. The quantitative estimate of drug-likeness (QED) is 0.368. The van der Waals surface area contributed by atoms with Crippen LogP contribution >= 0.6 is 34.7 Å². The van der Waals surface area contributed by atoms with Gasteiger partial charge >= 0.3 is 0 Å². The summed E-state index contributed by atoms with van der Waals surface area (Å²) in [6, 6.07) is 15.5. The molecule has 2 aromatic heterocycles. The Kier molecular flexibility index (Phi) is 5.61. The zero-order chi connectivity index (χ0) is 19.5. The Bertz CT molecular complexity index is 1100. The molecule has 1 N–H and O–H groups in total. The van der Waals surface area contributed by atoms with Crippen molar-refractivity contribution in [2.24, 2.45) is 0 Å². The number of rotatable bonds is 6. The number of anilines is 2. The van der Waals surface area contributed by atoms with Gasteiger partial charge in [0.1, 0.15) is 0 Å². The third-order valence-electron chi connectivity index (χ3n) is 3.85. The summed E-state index contributed by atoms with van der Waals surface area (Å²) in [4.78, 5) is 0. The number of nitrogens with one attached hydrogen (secondary N) is 1. The van der Waals surface area contributed by atoms with Crippen LogP contribution in [0.5, 0.6) is 0 Å². The second-order valence-corrected chi connectivity index (χ2v) is 9.03. The lowest BCUT2D eigenvalue weighted by Crippen LogP contribution is -1.89. The van der Waals surface area contributed by atoms with Crippen molar-refractivity contribution in [3.05, 3.63) is 65.0 Å². The van der Waals surface area contributed by atoms with E-state index in [0.717, 1.165) is 21.2 Å².